The van der Waals surface area contributed by atoms with Gasteiger partial charge in [0.25, 0.3) is 0 Å². The number of benzene rings is 1. The molecular weight excluding hydrogens is 218 g/mol. The minimum absolute atomic E-state index is 0.157. The van der Waals surface area contributed by atoms with Gasteiger partial charge in [-0.25, -0.2) is 0 Å². The molecule has 5 nitrogen and oxygen atoms in total. The van der Waals surface area contributed by atoms with Gasteiger partial charge in [-0.3, -0.25) is 9.89 Å². The number of fused-ring (bicyclic) bond motifs is 1. The molecule has 2 heterocycles. The Morgan fingerprint density at radius 3 is 3.06 bits per heavy atom. The third-order valence-electron chi connectivity index (χ3n) is 2.87. The van der Waals surface area contributed by atoms with E-state index >= 15 is 0 Å². The first kappa shape index (κ1) is 9.89. The van der Waals surface area contributed by atoms with Gasteiger partial charge in [0.2, 0.25) is 5.78 Å². The van der Waals surface area contributed by atoms with Crippen LogP contribution >= 0.6 is 0 Å². The van der Waals surface area contributed by atoms with E-state index in [4.69, 9.17) is 10.5 Å². The number of nitrogens with two attached hydrogens (primary N) is 1. The highest BCUT2D eigenvalue weighted by atomic mass is 16.5. The van der Waals surface area contributed by atoms with Crippen molar-refractivity contribution in [3.63, 3.8) is 0 Å². The summed E-state index contributed by atoms with van der Waals surface area (Å²) in [5.74, 6) is 0.804. The number of nitrogen functional groups attached to an aromatic ring is 1. The maximum Gasteiger partial charge on any atom is 0.202 e. The predicted molar refractivity (Wildman–Crippen MR) is 62.1 cm³/mol. The van der Waals surface area contributed by atoms with Crippen LogP contribution in [0, 0.1) is 0 Å². The van der Waals surface area contributed by atoms with Crippen molar-refractivity contribution in [2.24, 2.45) is 0 Å². The largest absolute Gasteiger partial charge is 0.492 e. The minimum atomic E-state index is -0.157. The Labute approximate surface area is 97.6 Å². The van der Waals surface area contributed by atoms with Crippen LogP contribution in [0.2, 0.25) is 0 Å². The lowest BCUT2D eigenvalue weighted by atomic mass is 10.0. The van der Waals surface area contributed by atoms with Crippen molar-refractivity contribution < 1.29 is 9.53 Å². The topological polar surface area (TPSA) is 81.0 Å². The maximum atomic E-state index is 12.3. The number of hydrogen-bond donors (Lipinski definition) is 2. The molecule has 1 aliphatic heterocycles. The van der Waals surface area contributed by atoms with Crippen molar-refractivity contribution in [2.45, 2.75) is 6.42 Å². The van der Waals surface area contributed by atoms with Crippen LogP contribution in [0.1, 0.15) is 21.5 Å². The molecular formula is C12H11N3O2. The number of H-pyrrole nitrogens is 1. The van der Waals surface area contributed by atoms with Gasteiger partial charge in [-0.1, -0.05) is 12.1 Å². The van der Waals surface area contributed by atoms with Crippen LogP contribution in [0.5, 0.6) is 5.75 Å². The first-order valence-electron chi connectivity index (χ1n) is 5.35. The molecule has 86 valence electrons. The molecule has 1 aliphatic rings. The molecule has 1 aromatic heterocycles. The Balaban J connectivity index is 2.09. The summed E-state index contributed by atoms with van der Waals surface area (Å²) in [5.41, 5.74) is 7.64. The summed E-state index contributed by atoms with van der Waals surface area (Å²) in [6, 6.07) is 5.58. The fraction of sp³-hybridized carbons (Fsp3) is 0.167. The van der Waals surface area contributed by atoms with E-state index in [-0.39, 0.29) is 11.6 Å². The molecule has 0 saturated carbocycles. The molecule has 1 aromatic carbocycles. The van der Waals surface area contributed by atoms with Gasteiger partial charge >= 0.3 is 0 Å². The summed E-state index contributed by atoms with van der Waals surface area (Å²) in [6.07, 6.45) is 2.28. The van der Waals surface area contributed by atoms with Gasteiger partial charge in [-0.05, 0) is 11.6 Å². The van der Waals surface area contributed by atoms with Gasteiger partial charge in [0.05, 0.1) is 23.9 Å². The molecule has 0 spiro atoms. The zero-order chi connectivity index (χ0) is 11.8. The Morgan fingerprint density at radius 2 is 2.29 bits per heavy atom. The third kappa shape index (κ3) is 1.47. The number of ether oxygens (including phenoxy) is 1. The normalized spacial score (nSPS) is 13.2. The fourth-order valence-electron chi connectivity index (χ4n) is 2.02. The van der Waals surface area contributed by atoms with E-state index in [1.165, 1.54) is 6.20 Å². The van der Waals surface area contributed by atoms with Crippen LogP contribution in [0.25, 0.3) is 0 Å². The van der Waals surface area contributed by atoms with Crippen molar-refractivity contribution >= 4 is 11.6 Å². The van der Waals surface area contributed by atoms with Crippen molar-refractivity contribution in [3.8, 4) is 5.75 Å². The highest BCUT2D eigenvalue weighted by Gasteiger charge is 2.23. The van der Waals surface area contributed by atoms with Crippen molar-refractivity contribution in [3.05, 3.63) is 41.1 Å². The molecule has 3 rings (SSSR count). The molecule has 2 aromatic rings. The van der Waals surface area contributed by atoms with Gasteiger partial charge in [0.1, 0.15) is 11.6 Å². The van der Waals surface area contributed by atoms with Gasteiger partial charge in [0, 0.05) is 6.42 Å². The maximum absolute atomic E-state index is 12.3. The minimum Gasteiger partial charge on any atom is -0.492 e. The van der Waals surface area contributed by atoms with Crippen LogP contribution < -0.4 is 10.5 Å². The first-order valence-corrected chi connectivity index (χ1v) is 5.35. The number of anilines is 1. The third-order valence-corrected chi connectivity index (χ3v) is 2.87. The quantitative estimate of drug-likeness (QED) is 0.757. The predicted octanol–water partition coefficient (Wildman–Crippen LogP) is 1.16. The molecule has 0 saturated heterocycles. The number of nitrogens with zero attached hydrogens (tertiary/aromatic N) is 1. The number of aromatic nitrogens is 2. The molecule has 0 unspecified atom stereocenters. The van der Waals surface area contributed by atoms with Gasteiger partial charge < -0.3 is 10.5 Å². The Hall–Kier alpha value is -2.30. The monoisotopic (exact) mass is 229 g/mol. The highest BCUT2D eigenvalue weighted by molar-refractivity contribution is 6.13. The molecule has 5 heteroatoms. The van der Waals surface area contributed by atoms with E-state index in [0.29, 0.717) is 23.5 Å². The Morgan fingerprint density at radius 1 is 1.41 bits per heavy atom. The highest BCUT2D eigenvalue weighted by Crippen LogP contribution is 2.31. The van der Waals surface area contributed by atoms with E-state index in [1.54, 1.807) is 6.07 Å². The SMILES string of the molecule is Nc1[nH]ncc1C(=O)c1cccc2c1OCC2. The second-order valence-corrected chi connectivity index (χ2v) is 3.92. The fourth-order valence-corrected chi connectivity index (χ4v) is 2.02. The number of para-hydroxylation sites is 1. The number of carbonyl (C=O) groups is 1. The molecule has 3 N–H and O–H groups in total. The van der Waals surface area contributed by atoms with Crippen molar-refractivity contribution in [1.82, 2.24) is 10.2 Å². The summed E-state index contributed by atoms with van der Waals surface area (Å²) >= 11 is 0. The zero-order valence-electron chi connectivity index (χ0n) is 9.06. The average molecular weight is 229 g/mol. The zero-order valence-corrected chi connectivity index (χ0v) is 9.06. The van der Waals surface area contributed by atoms with E-state index in [0.717, 1.165) is 12.0 Å². The Kier molecular flexibility index (Phi) is 2.11. The van der Waals surface area contributed by atoms with Gasteiger partial charge in [-0.15, -0.1) is 0 Å². The number of rotatable bonds is 2. The van der Waals surface area contributed by atoms with E-state index < -0.39 is 0 Å². The van der Waals surface area contributed by atoms with E-state index in [1.807, 2.05) is 12.1 Å². The molecule has 0 amide bonds. The molecule has 0 atom stereocenters. The number of ketones is 1. The summed E-state index contributed by atoms with van der Waals surface area (Å²) in [4.78, 5) is 12.3. The Bertz CT molecular complexity index is 589. The van der Waals surface area contributed by atoms with Crippen LogP contribution in [0.15, 0.2) is 24.4 Å². The van der Waals surface area contributed by atoms with E-state index in [9.17, 15) is 4.79 Å². The molecule has 0 bridgehead atoms. The summed E-state index contributed by atoms with van der Waals surface area (Å²) < 4.78 is 5.50. The standard InChI is InChI=1S/C12H11N3O2/c13-12-9(6-14-15-12)10(16)8-3-1-2-7-4-5-17-11(7)8/h1-3,6H,4-5H2,(H3,13,14,15). The first-order chi connectivity index (χ1) is 8.27. The lowest BCUT2D eigenvalue weighted by Crippen LogP contribution is -2.05. The van der Waals surface area contributed by atoms with Crippen molar-refractivity contribution in [2.75, 3.05) is 12.3 Å². The number of nitrogens with one attached hydrogen (secondary N) is 1. The second kappa shape index (κ2) is 3.62. The summed E-state index contributed by atoms with van der Waals surface area (Å²) in [7, 11) is 0. The van der Waals surface area contributed by atoms with Crippen LogP contribution in [-0.2, 0) is 6.42 Å². The molecule has 0 radical (unpaired) electrons. The lowest BCUT2D eigenvalue weighted by Gasteiger charge is -2.06. The number of carbonyl (C=O) groups excluding carboxylic acids is 1. The average Bonchev–Trinajstić information content (AvgIpc) is 2.95. The van der Waals surface area contributed by atoms with Crippen LogP contribution in [0.3, 0.4) is 0 Å². The molecule has 17 heavy (non-hydrogen) atoms. The number of hydrogen-bond acceptors (Lipinski definition) is 4. The molecule has 0 aliphatic carbocycles. The van der Waals surface area contributed by atoms with Crippen molar-refractivity contribution in [1.29, 1.82) is 0 Å². The lowest BCUT2D eigenvalue weighted by molar-refractivity contribution is 0.103. The smallest absolute Gasteiger partial charge is 0.202 e. The number of aromatic amines is 1. The second-order valence-electron chi connectivity index (χ2n) is 3.92. The molecule has 0 fully saturated rings. The van der Waals surface area contributed by atoms with Gasteiger partial charge in [0.15, 0.2) is 0 Å². The van der Waals surface area contributed by atoms with Gasteiger partial charge in [-0.2, -0.15) is 5.10 Å². The summed E-state index contributed by atoms with van der Waals surface area (Å²) in [6.45, 7) is 0.625. The summed E-state index contributed by atoms with van der Waals surface area (Å²) in [5, 5.41) is 6.30. The van der Waals surface area contributed by atoms with Crippen LogP contribution in [-0.4, -0.2) is 22.6 Å². The van der Waals surface area contributed by atoms with Crippen LogP contribution in [0.4, 0.5) is 5.82 Å². The van der Waals surface area contributed by atoms with E-state index in [2.05, 4.69) is 10.2 Å².